The fourth-order valence-electron chi connectivity index (χ4n) is 5.89. The molecule has 0 aromatic heterocycles. The van der Waals surface area contributed by atoms with Gasteiger partial charge >= 0.3 is 6.03 Å². The normalized spacial score (nSPS) is 16.2. The van der Waals surface area contributed by atoms with Gasteiger partial charge in [0.1, 0.15) is 0 Å². The van der Waals surface area contributed by atoms with Crippen LogP contribution in [0.15, 0.2) is 72.8 Å². The second-order valence-electron chi connectivity index (χ2n) is 11.9. The lowest BCUT2D eigenvalue weighted by Crippen LogP contribution is -2.41. The molecule has 0 radical (unpaired) electrons. The first-order chi connectivity index (χ1) is 20.9. The molecule has 2 aliphatic rings. The molecule has 2 saturated heterocycles. The van der Waals surface area contributed by atoms with E-state index in [-0.39, 0.29) is 11.9 Å². The number of ether oxygens (including phenoxy) is 1. The van der Waals surface area contributed by atoms with E-state index < -0.39 is 0 Å². The van der Waals surface area contributed by atoms with Crippen LogP contribution in [0.5, 0.6) is 0 Å². The van der Waals surface area contributed by atoms with E-state index in [9.17, 15) is 9.59 Å². The third-order valence-corrected chi connectivity index (χ3v) is 8.47. The average Bonchev–Trinajstić information content (AvgIpc) is 3.03. The Bertz CT molecular complexity index is 1330. The molecule has 0 aliphatic carbocycles. The van der Waals surface area contributed by atoms with Crippen molar-refractivity contribution < 1.29 is 14.3 Å². The molecule has 8 nitrogen and oxygen atoms in total. The zero-order valence-electron chi connectivity index (χ0n) is 25.5. The van der Waals surface area contributed by atoms with E-state index >= 15 is 0 Å². The summed E-state index contributed by atoms with van der Waals surface area (Å²) in [5, 5.41) is 8.95. The van der Waals surface area contributed by atoms with Crippen LogP contribution in [0.2, 0.25) is 0 Å². The Labute approximate surface area is 255 Å². The number of carbonyl (C=O) groups excluding carboxylic acids is 2. The smallest absolute Gasteiger partial charge is 0.323 e. The van der Waals surface area contributed by atoms with Crippen LogP contribution in [-0.2, 0) is 11.2 Å². The Kier molecular flexibility index (Phi) is 10.7. The van der Waals surface area contributed by atoms with Crippen molar-refractivity contribution in [1.82, 2.24) is 10.2 Å². The number of nitrogens with one attached hydrogen (secondary N) is 3. The Hall–Kier alpha value is -3.88. The molecule has 3 aromatic carbocycles. The minimum atomic E-state index is -0.342. The number of piperidine rings is 1. The largest absolute Gasteiger partial charge is 0.379 e. The van der Waals surface area contributed by atoms with Gasteiger partial charge in [-0.3, -0.25) is 9.69 Å². The highest BCUT2D eigenvalue weighted by Gasteiger charge is 2.24. The van der Waals surface area contributed by atoms with E-state index in [1.807, 2.05) is 36.4 Å². The molecule has 228 valence electrons. The summed E-state index contributed by atoms with van der Waals surface area (Å²) in [6.45, 7) is 10.6. The maximum Gasteiger partial charge on any atom is 0.323 e. The van der Waals surface area contributed by atoms with Crippen molar-refractivity contribution in [3.8, 4) is 0 Å². The Morgan fingerprint density at radius 3 is 2.23 bits per heavy atom. The van der Waals surface area contributed by atoms with Crippen molar-refractivity contribution in [2.75, 3.05) is 68.0 Å². The van der Waals surface area contributed by atoms with E-state index in [0.29, 0.717) is 29.6 Å². The van der Waals surface area contributed by atoms with Gasteiger partial charge in [-0.1, -0.05) is 56.3 Å². The van der Waals surface area contributed by atoms with Crippen molar-refractivity contribution in [3.63, 3.8) is 0 Å². The Morgan fingerprint density at radius 2 is 1.53 bits per heavy atom. The number of anilines is 3. The van der Waals surface area contributed by atoms with E-state index in [4.69, 9.17) is 4.74 Å². The van der Waals surface area contributed by atoms with Gasteiger partial charge in [0.05, 0.1) is 18.8 Å². The van der Waals surface area contributed by atoms with Crippen LogP contribution in [0.1, 0.15) is 54.1 Å². The molecule has 3 N–H and O–H groups in total. The summed E-state index contributed by atoms with van der Waals surface area (Å²) in [4.78, 5) is 31.0. The molecule has 0 spiro atoms. The Morgan fingerprint density at radius 1 is 0.860 bits per heavy atom. The molecule has 8 heteroatoms. The van der Waals surface area contributed by atoms with Crippen LogP contribution in [0.25, 0.3) is 0 Å². The molecule has 2 heterocycles. The van der Waals surface area contributed by atoms with Crippen molar-refractivity contribution in [3.05, 3.63) is 89.5 Å². The van der Waals surface area contributed by atoms with Gasteiger partial charge in [0.2, 0.25) is 0 Å². The van der Waals surface area contributed by atoms with Gasteiger partial charge in [0, 0.05) is 56.3 Å². The first-order valence-corrected chi connectivity index (χ1v) is 15.6. The minimum Gasteiger partial charge on any atom is -0.379 e. The second-order valence-corrected chi connectivity index (χ2v) is 11.9. The molecule has 3 amide bonds. The summed E-state index contributed by atoms with van der Waals surface area (Å²) in [5.41, 5.74) is 5.40. The van der Waals surface area contributed by atoms with Gasteiger partial charge in [-0.15, -0.1) is 0 Å². The zero-order chi connectivity index (χ0) is 30.0. The van der Waals surface area contributed by atoms with Crippen molar-refractivity contribution in [1.29, 1.82) is 0 Å². The highest BCUT2D eigenvalue weighted by atomic mass is 16.5. The third kappa shape index (κ3) is 8.81. The topological polar surface area (TPSA) is 85.9 Å². The van der Waals surface area contributed by atoms with Gasteiger partial charge in [-0.25, -0.2) is 4.79 Å². The van der Waals surface area contributed by atoms with Crippen LogP contribution in [0, 0.1) is 5.92 Å². The molecule has 3 aromatic rings. The first-order valence-electron chi connectivity index (χ1n) is 15.6. The molecule has 0 atom stereocenters. The number of hydrogen-bond donors (Lipinski definition) is 3. The standard InChI is InChI=1S/C35H45N5O3/c1-26(2)29-8-10-30(11-9-29)37-35(42)38-31-12-13-33(32(25-31)34(41)36-16-19-39-20-22-43-23-21-39)40-17-14-28(15-18-40)24-27-6-4-3-5-7-27/h3-13,25-26,28H,14-24H2,1-2H3,(H,36,41)(H2,37,38,42). The SMILES string of the molecule is CC(C)c1ccc(NC(=O)Nc2ccc(N3CCC(Cc4ccccc4)CC3)c(C(=O)NCCN3CCOCC3)c2)cc1. The number of nitrogens with zero attached hydrogens (tertiary/aromatic N) is 2. The molecule has 43 heavy (non-hydrogen) atoms. The highest BCUT2D eigenvalue weighted by molar-refractivity contribution is 6.04. The monoisotopic (exact) mass is 583 g/mol. The molecule has 0 bridgehead atoms. The fourth-order valence-corrected chi connectivity index (χ4v) is 5.89. The summed E-state index contributed by atoms with van der Waals surface area (Å²) in [5.74, 6) is 0.932. The first kappa shape index (κ1) is 30.6. The molecular weight excluding hydrogens is 538 g/mol. The molecule has 2 fully saturated rings. The molecule has 5 rings (SSSR count). The number of rotatable bonds is 10. The van der Waals surface area contributed by atoms with Crippen molar-refractivity contribution in [2.45, 2.75) is 39.0 Å². The lowest BCUT2D eigenvalue weighted by Gasteiger charge is -2.35. The van der Waals surface area contributed by atoms with Crippen LogP contribution in [0.3, 0.4) is 0 Å². The van der Waals surface area contributed by atoms with Crippen LogP contribution in [-0.4, -0.2) is 69.3 Å². The van der Waals surface area contributed by atoms with Crippen LogP contribution >= 0.6 is 0 Å². The molecule has 0 unspecified atom stereocenters. The van der Waals surface area contributed by atoms with E-state index in [1.165, 1.54) is 11.1 Å². The highest BCUT2D eigenvalue weighted by Crippen LogP contribution is 2.30. The zero-order valence-corrected chi connectivity index (χ0v) is 25.5. The molecule has 2 aliphatic heterocycles. The molecule has 0 saturated carbocycles. The van der Waals surface area contributed by atoms with Gasteiger partial charge < -0.3 is 25.6 Å². The molecular formula is C35H45N5O3. The summed E-state index contributed by atoms with van der Waals surface area (Å²) in [6, 6.07) is 23.9. The average molecular weight is 584 g/mol. The van der Waals surface area contributed by atoms with Crippen molar-refractivity contribution >= 4 is 29.0 Å². The van der Waals surface area contributed by atoms with Gasteiger partial charge in [0.25, 0.3) is 5.91 Å². The van der Waals surface area contributed by atoms with Gasteiger partial charge in [0.15, 0.2) is 0 Å². The summed E-state index contributed by atoms with van der Waals surface area (Å²) in [6.07, 6.45) is 3.23. The van der Waals surface area contributed by atoms with Crippen molar-refractivity contribution in [2.24, 2.45) is 5.92 Å². The predicted octanol–water partition coefficient (Wildman–Crippen LogP) is 5.98. The van der Waals surface area contributed by atoms with Crippen LogP contribution < -0.4 is 20.9 Å². The number of carbonyl (C=O) groups is 2. The number of hydrogen-bond acceptors (Lipinski definition) is 5. The Balaban J connectivity index is 1.25. The third-order valence-electron chi connectivity index (χ3n) is 8.47. The predicted molar refractivity (Wildman–Crippen MR) is 174 cm³/mol. The van der Waals surface area contributed by atoms with Crippen LogP contribution in [0.4, 0.5) is 21.9 Å². The van der Waals surface area contributed by atoms with E-state index in [0.717, 1.165) is 76.6 Å². The van der Waals surface area contributed by atoms with E-state index in [2.05, 4.69) is 69.9 Å². The quantitative estimate of drug-likeness (QED) is 0.274. The number of urea groups is 1. The lowest BCUT2D eigenvalue weighted by molar-refractivity contribution is 0.0383. The van der Waals surface area contributed by atoms with Gasteiger partial charge in [-0.05, 0) is 72.6 Å². The maximum absolute atomic E-state index is 13.6. The number of morpholine rings is 1. The summed E-state index contributed by atoms with van der Waals surface area (Å²) < 4.78 is 5.44. The number of amides is 3. The summed E-state index contributed by atoms with van der Waals surface area (Å²) in [7, 11) is 0. The fraction of sp³-hybridized carbons (Fsp3) is 0.429. The van der Waals surface area contributed by atoms with E-state index in [1.54, 1.807) is 6.07 Å². The number of benzene rings is 3. The summed E-state index contributed by atoms with van der Waals surface area (Å²) >= 11 is 0. The van der Waals surface area contributed by atoms with Gasteiger partial charge in [-0.2, -0.15) is 0 Å². The lowest BCUT2D eigenvalue weighted by atomic mass is 9.89. The maximum atomic E-state index is 13.6. The second kappa shape index (κ2) is 15.0. The minimum absolute atomic E-state index is 0.122.